The first-order valence-corrected chi connectivity index (χ1v) is 5.20. The van der Waals surface area contributed by atoms with Crippen molar-refractivity contribution in [3.05, 3.63) is 29.7 Å². The molecule has 84 valence electrons. The number of nitrogens with zero attached hydrogens (tertiary/aromatic N) is 1. The largest absolute Gasteiger partial charge is 0.441 e. The van der Waals surface area contributed by atoms with Gasteiger partial charge in [0.05, 0.1) is 6.04 Å². The molecule has 2 rings (SSSR count). The third-order valence-electron chi connectivity index (χ3n) is 2.61. The van der Waals surface area contributed by atoms with Crippen LogP contribution in [0.1, 0.15) is 23.2 Å². The van der Waals surface area contributed by atoms with Crippen molar-refractivity contribution < 1.29 is 9.21 Å². The van der Waals surface area contributed by atoms with Crippen molar-refractivity contribution in [2.75, 3.05) is 7.05 Å². The van der Waals surface area contributed by atoms with E-state index in [1.807, 2.05) is 6.92 Å². The second-order valence-corrected chi connectivity index (χ2v) is 3.79. The van der Waals surface area contributed by atoms with Crippen molar-refractivity contribution in [2.24, 2.45) is 0 Å². The monoisotopic (exact) mass is 218 g/mol. The van der Waals surface area contributed by atoms with Crippen LogP contribution >= 0.6 is 0 Å². The first-order valence-electron chi connectivity index (χ1n) is 5.20. The molecular weight excluding hydrogens is 204 g/mol. The Morgan fingerprint density at radius 1 is 1.50 bits per heavy atom. The molecule has 0 fully saturated rings. The van der Waals surface area contributed by atoms with Gasteiger partial charge in [-0.05, 0) is 32.2 Å². The van der Waals surface area contributed by atoms with Gasteiger partial charge in [-0.15, -0.1) is 0 Å². The predicted octanol–water partition coefficient (Wildman–Crippen LogP) is 1.93. The highest BCUT2D eigenvalue weighted by Crippen LogP contribution is 2.17. The fraction of sp³-hybridized carbons (Fsp3) is 0.333. The Balaban J connectivity index is 2.42. The molecule has 0 spiro atoms. The third kappa shape index (κ3) is 1.84. The molecule has 1 N–H and O–H groups in total. The first-order chi connectivity index (χ1) is 7.61. The van der Waals surface area contributed by atoms with Crippen LogP contribution in [0.4, 0.5) is 0 Å². The van der Waals surface area contributed by atoms with Crippen LogP contribution in [0.15, 0.2) is 22.6 Å². The Morgan fingerprint density at radius 3 is 2.94 bits per heavy atom. The fourth-order valence-electron chi connectivity index (χ4n) is 1.57. The van der Waals surface area contributed by atoms with Crippen LogP contribution in [0.2, 0.25) is 0 Å². The number of Topliss-reactive ketones (excluding diaryl/α,β-unsaturated/α-hetero) is 1. The summed E-state index contributed by atoms with van der Waals surface area (Å²) in [5.74, 6) is 0.666. The lowest BCUT2D eigenvalue weighted by Crippen LogP contribution is -2.30. The molecule has 1 aromatic carbocycles. The second-order valence-electron chi connectivity index (χ2n) is 3.79. The summed E-state index contributed by atoms with van der Waals surface area (Å²) in [6.07, 6.45) is 0. The van der Waals surface area contributed by atoms with Crippen LogP contribution in [-0.4, -0.2) is 23.9 Å². The maximum atomic E-state index is 11.9. The number of benzene rings is 1. The SMILES string of the molecule is CNC(C)C(=O)c1ccc2nc(C)oc2c1. The number of fused-ring (bicyclic) bond motifs is 1. The van der Waals surface area contributed by atoms with Gasteiger partial charge in [0, 0.05) is 12.5 Å². The number of rotatable bonds is 3. The number of aromatic nitrogens is 1. The van der Waals surface area contributed by atoms with Gasteiger partial charge in [-0.25, -0.2) is 4.98 Å². The minimum Gasteiger partial charge on any atom is -0.441 e. The zero-order chi connectivity index (χ0) is 11.7. The summed E-state index contributed by atoms with van der Waals surface area (Å²) in [5.41, 5.74) is 2.09. The second kappa shape index (κ2) is 4.06. The Hall–Kier alpha value is -1.68. The molecule has 1 aromatic heterocycles. The molecule has 0 radical (unpaired) electrons. The fourth-order valence-corrected chi connectivity index (χ4v) is 1.57. The number of likely N-dealkylation sites (N-methyl/N-ethyl adjacent to an activating group) is 1. The molecule has 1 unspecified atom stereocenters. The zero-order valence-corrected chi connectivity index (χ0v) is 9.57. The molecule has 0 aliphatic rings. The zero-order valence-electron chi connectivity index (χ0n) is 9.57. The van der Waals surface area contributed by atoms with Crippen molar-refractivity contribution in [3.8, 4) is 0 Å². The molecule has 2 aromatic rings. The number of oxazole rings is 1. The van der Waals surface area contributed by atoms with Crippen LogP contribution in [0.3, 0.4) is 0 Å². The van der Waals surface area contributed by atoms with Crippen LogP contribution < -0.4 is 5.32 Å². The maximum absolute atomic E-state index is 11.9. The highest BCUT2D eigenvalue weighted by molar-refractivity contribution is 6.01. The lowest BCUT2D eigenvalue weighted by molar-refractivity contribution is 0.0955. The summed E-state index contributed by atoms with van der Waals surface area (Å²) in [4.78, 5) is 16.1. The Morgan fingerprint density at radius 2 is 2.25 bits per heavy atom. The van der Waals surface area contributed by atoms with Gasteiger partial charge in [-0.2, -0.15) is 0 Å². The molecule has 16 heavy (non-hydrogen) atoms. The van der Waals surface area contributed by atoms with Crippen LogP contribution in [0.5, 0.6) is 0 Å². The maximum Gasteiger partial charge on any atom is 0.192 e. The van der Waals surface area contributed by atoms with Gasteiger partial charge in [0.1, 0.15) is 5.52 Å². The van der Waals surface area contributed by atoms with Crippen LogP contribution in [0, 0.1) is 6.92 Å². The molecule has 0 saturated heterocycles. The average molecular weight is 218 g/mol. The van der Waals surface area contributed by atoms with Gasteiger partial charge < -0.3 is 9.73 Å². The van der Waals surface area contributed by atoms with E-state index in [1.165, 1.54) is 0 Å². The lowest BCUT2D eigenvalue weighted by Gasteiger charge is -2.08. The molecule has 0 saturated carbocycles. The van der Waals surface area contributed by atoms with E-state index in [9.17, 15) is 4.79 Å². The number of hydrogen-bond donors (Lipinski definition) is 1. The van der Waals surface area contributed by atoms with E-state index >= 15 is 0 Å². The van der Waals surface area contributed by atoms with Crippen molar-refractivity contribution in [1.29, 1.82) is 0 Å². The van der Waals surface area contributed by atoms with E-state index in [-0.39, 0.29) is 11.8 Å². The van der Waals surface area contributed by atoms with Crippen molar-refractivity contribution in [1.82, 2.24) is 10.3 Å². The highest BCUT2D eigenvalue weighted by atomic mass is 16.3. The van der Waals surface area contributed by atoms with Gasteiger partial charge in [0.15, 0.2) is 17.3 Å². The predicted molar refractivity (Wildman–Crippen MR) is 61.6 cm³/mol. The summed E-state index contributed by atoms with van der Waals surface area (Å²) in [6, 6.07) is 5.13. The van der Waals surface area contributed by atoms with Gasteiger partial charge in [-0.3, -0.25) is 4.79 Å². The number of hydrogen-bond acceptors (Lipinski definition) is 4. The molecule has 0 bridgehead atoms. The normalized spacial score (nSPS) is 12.9. The van der Waals surface area contributed by atoms with Crippen molar-refractivity contribution in [2.45, 2.75) is 19.9 Å². The third-order valence-corrected chi connectivity index (χ3v) is 2.61. The topological polar surface area (TPSA) is 55.1 Å². The lowest BCUT2D eigenvalue weighted by atomic mass is 10.1. The number of nitrogens with one attached hydrogen (secondary N) is 1. The molecule has 4 nitrogen and oxygen atoms in total. The van der Waals surface area contributed by atoms with E-state index in [4.69, 9.17) is 4.42 Å². The first kappa shape index (κ1) is 10.8. The van der Waals surface area contributed by atoms with E-state index in [2.05, 4.69) is 10.3 Å². The average Bonchev–Trinajstić information content (AvgIpc) is 2.65. The number of aryl methyl sites for hydroxylation is 1. The Kier molecular flexibility index (Phi) is 2.75. The van der Waals surface area contributed by atoms with E-state index < -0.39 is 0 Å². The van der Waals surface area contributed by atoms with Gasteiger partial charge in [0.25, 0.3) is 0 Å². The minimum atomic E-state index is -0.193. The molecule has 0 aliphatic carbocycles. The molecule has 1 heterocycles. The molecular formula is C12H14N2O2. The van der Waals surface area contributed by atoms with Crippen molar-refractivity contribution >= 4 is 16.9 Å². The standard InChI is InChI=1S/C12H14N2O2/c1-7(13-3)12(15)9-4-5-10-11(6-9)16-8(2)14-10/h4-7,13H,1-3H3. The van der Waals surface area contributed by atoms with Gasteiger partial charge in [-0.1, -0.05) is 0 Å². The quantitative estimate of drug-likeness (QED) is 0.800. The molecule has 4 heteroatoms. The highest BCUT2D eigenvalue weighted by Gasteiger charge is 2.14. The van der Waals surface area contributed by atoms with Crippen LogP contribution in [-0.2, 0) is 0 Å². The van der Waals surface area contributed by atoms with E-state index in [0.717, 1.165) is 5.52 Å². The molecule has 0 amide bonds. The minimum absolute atomic E-state index is 0.0541. The summed E-state index contributed by atoms with van der Waals surface area (Å²) in [6.45, 7) is 3.62. The molecule has 0 aliphatic heterocycles. The van der Waals surface area contributed by atoms with Gasteiger partial charge in [0.2, 0.25) is 0 Å². The summed E-state index contributed by atoms with van der Waals surface area (Å²) in [5, 5.41) is 2.92. The smallest absolute Gasteiger partial charge is 0.192 e. The summed E-state index contributed by atoms with van der Waals surface area (Å²) in [7, 11) is 1.76. The summed E-state index contributed by atoms with van der Waals surface area (Å²) < 4.78 is 5.39. The van der Waals surface area contributed by atoms with Crippen LogP contribution in [0.25, 0.3) is 11.1 Å². The number of ketones is 1. The van der Waals surface area contributed by atoms with E-state index in [0.29, 0.717) is 17.0 Å². The van der Waals surface area contributed by atoms with E-state index in [1.54, 1.807) is 32.2 Å². The Bertz CT molecular complexity index is 531. The summed E-state index contributed by atoms with van der Waals surface area (Å²) >= 11 is 0. The molecule has 1 atom stereocenters. The van der Waals surface area contributed by atoms with Crippen molar-refractivity contribution in [3.63, 3.8) is 0 Å². The van der Waals surface area contributed by atoms with Gasteiger partial charge >= 0.3 is 0 Å². The Labute approximate surface area is 93.7 Å². The number of carbonyl (C=O) groups excluding carboxylic acids is 1. The number of carbonyl (C=O) groups is 1.